The third-order valence-corrected chi connectivity index (χ3v) is 5.94. The highest BCUT2D eigenvalue weighted by molar-refractivity contribution is 6.42. The summed E-state index contributed by atoms with van der Waals surface area (Å²) in [6, 6.07) is 12.8. The van der Waals surface area contributed by atoms with E-state index in [2.05, 4.69) is 9.88 Å². The lowest BCUT2D eigenvalue weighted by molar-refractivity contribution is -0.131. The average Bonchev–Trinajstić information content (AvgIpc) is 2.75. The maximum Gasteiger partial charge on any atom is 0.261 e. The highest BCUT2D eigenvalue weighted by Crippen LogP contribution is 2.27. The Bertz CT molecular complexity index is 1110. The summed E-state index contributed by atoms with van der Waals surface area (Å²) >= 11 is 12.1. The summed E-state index contributed by atoms with van der Waals surface area (Å²) in [4.78, 5) is 33.5. The molecule has 4 rings (SSSR count). The number of amides is 1. The highest BCUT2D eigenvalue weighted by atomic mass is 35.5. The minimum Gasteiger partial charge on any atom is -0.368 e. The number of rotatable bonds is 4. The van der Waals surface area contributed by atoms with Crippen molar-refractivity contribution in [1.29, 1.82) is 0 Å². The van der Waals surface area contributed by atoms with Gasteiger partial charge in [0.05, 0.1) is 27.3 Å². The van der Waals surface area contributed by atoms with Crippen LogP contribution >= 0.6 is 23.2 Å². The number of halogens is 2. The van der Waals surface area contributed by atoms with Gasteiger partial charge in [0.2, 0.25) is 5.91 Å². The van der Waals surface area contributed by atoms with E-state index in [0.717, 1.165) is 18.8 Å². The molecule has 2 heterocycles. The van der Waals surface area contributed by atoms with Gasteiger partial charge < -0.3 is 9.80 Å². The van der Waals surface area contributed by atoms with Crippen LogP contribution in [-0.2, 0) is 11.3 Å². The Hall–Kier alpha value is -2.57. The lowest BCUT2D eigenvalue weighted by atomic mass is 10.2. The molecule has 1 fully saturated rings. The van der Waals surface area contributed by atoms with Crippen LogP contribution in [0.3, 0.4) is 0 Å². The van der Waals surface area contributed by atoms with Gasteiger partial charge in [0.1, 0.15) is 0 Å². The zero-order valence-corrected chi connectivity index (χ0v) is 17.2. The SMILES string of the molecule is O=C(CCn1cnc2ccccc2c1=O)N1CCN(c2ccc(Cl)c(Cl)c2)CC1. The molecule has 1 saturated heterocycles. The van der Waals surface area contributed by atoms with Crippen molar-refractivity contribution in [3.63, 3.8) is 0 Å². The molecule has 29 heavy (non-hydrogen) atoms. The third-order valence-electron chi connectivity index (χ3n) is 5.20. The Labute approximate surface area is 178 Å². The molecule has 8 heteroatoms. The molecule has 6 nitrogen and oxygen atoms in total. The number of fused-ring (bicyclic) bond motifs is 1. The number of aromatic nitrogens is 2. The van der Waals surface area contributed by atoms with E-state index < -0.39 is 0 Å². The number of para-hydroxylation sites is 1. The van der Waals surface area contributed by atoms with Crippen LogP contribution in [0.15, 0.2) is 53.6 Å². The van der Waals surface area contributed by atoms with Gasteiger partial charge in [-0.25, -0.2) is 4.98 Å². The average molecular weight is 431 g/mol. The second kappa shape index (κ2) is 8.43. The molecule has 150 valence electrons. The molecular weight excluding hydrogens is 411 g/mol. The standard InChI is InChI=1S/C21H20Cl2N4O2/c22-17-6-5-15(13-18(17)23)25-9-11-26(12-10-25)20(28)7-8-27-14-24-19-4-2-1-3-16(19)21(27)29/h1-6,13-14H,7-12H2. The van der Waals surface area contributed by atoms with Gasteiger partial charge in [0, 0.05) is 44.8 Å². The minimum atomic E-state index is -0.118. The van der Waals surface area contributed by atoms with E-state index >= 15 is 0 Å². The quantitative estimate of drug-likeness (QED) is 0.635. The van der Waals surface area contributed by atoms with Crippen molar-refractivity contribution in [1.82, 2.24) is 14.5 Å². The van der Waals surface area contributed by atoms with Crippen LogP contribution in [0.25, 0.3) is 10.9 Å². The van der Waals surface area contributed by atoms with Crippen molar-refractivity contribution in [2.45, 2.75) is 13.0 Å². The molecule has 1 aliphatic rings. The molecule has 0 radical (unpaired) electrons. The Morgan fingerprint density at radius 3 is 2.52 bits per heavy atom. The van der Waals surface area contributed by atoms with Gasteiger partial charge in [-0.05, 0) is 30.3 Å². The summed E-state index contributed by atoms with van der Waals surface area (Å²) < 4.78 is 1.51. The van der Waals surface area contributed by atoms with Gasteiger partial charge >= 0.3 is 0 Å². The maximum absolute atomic E-state index is 12.6. The summed E-state index contributed by atoms with van der Waals surface area (Å²) in [5.74, 6) is 0.0406. The van der Waals surface area contributed by atoms with Gasteiger partial charge in [-0.3, -0.25) is 14.2 Å². The molecular formula is C21H20Cl2N4O2. The summed E-state index contributed by atoms with van der Waals surface area (Å²) in [6.07, 6.45) is 1.78. The molecule has 0 atom stereocenters. The molecule has 1 aliphatic heterocycles. The van der Waals surface area contributed by atoms with Crippen molar-refractivity contribution < 1.29 is 4.79 Å². The largest absolute Gasteiger partial charge is 0.368 e. The van der Waals surface area contributed by atoms with Crippen molar-refractivity contribution in [3.05, 3.63) is 69.2 Å². The fourth-order valence-electron chi connectivity index (χ4n) is 3.54. The molecule has 1 aromatic heterocycles. The number of carbonyl (C=O) groups is 1. The number of hydrogen-bond donors (Lipinski definition) is 0. The lowest BCUT2D eigenvalue weighted by Crippen LogP contribution is -2.49. The smallest absolute Gasteiger partial charge is 0.261 e. The lowest BCUT2D eigenvalue weighted by Gasteiger charge is -2.36. The van der Waals surface area contributed by atoms with Crippen molar-refractivity contribution in [2.24, 2.45) is 0 Å². The molecule has 0 N–H and O–H groups in total. The van der Waals surface area contributed by atoms with E-state index in [1.807, 2.05) is 29.2 Å². The van der Waals surface area contributed by atoms with Gasteiger partial charge in [-0.2, -0.15) is 0 Å². The van der Waals surface area contributed by atoms with Crippen molar-refractivity contribution in [3.8, 4) is 0 Å². The summed E-state index contributed by atoms with van der Waals surface area (Å²) in [5.41, 5.74) is 1.55. The highest BCUT2D eigenvalue weighted by Gasteiger charge is 2.21. The second-order valence-corrected chi connectivity index (χ2v) is 7.79. The first kappa shape index (κ1) is 19.7. The predicted molar refractivity (Wildman–Crippen MR) is 116 cm³/mol. The van der Waals surface area contributed by atoms with E-state index in [9.17, 15) is 9.59 Å². The Morgan fingerprint density at radius 2 is 1.76 bits per heavy atom. The van der Waals surface area contributed by atoms with Crippen LogP contribution in [0.5, 0.6) is 0 Å². The van der Waals surface area contributed by atoms with Gasteiger partial charge in [0.15, 0.2) is 0 Å². The molecule has 0 aliphatic carbocycles. The van der Waals surface area contributed by atoms with E-state index in [-0.39, 0.29) is 17.9 Å². The molecule has 2 aromatic carbocycles. The first-order valence-electron chi connectivity index (χ1n) is 9.45. The monoisotopic (exact) mass is 430 g/mol. The summed E-state index contributed by atoms with van der Waals surface area (Å²) in [7, 11) is 0. The number of nitrogens with zero attached hydrogens (tertiary/aromatic N) is 4. The van der Waals surface area contributed by atoms with Crippen LogP contribution in [0.4, 0.5) is 5.69 Å². The molecule has 0 spiro atoms. The topological polar surface area (TPSA) is 58.4 Å². The van der Waals surface area contributed by atoms with Crippen molar-refractivity contribution in [2.75, 3.05) is 31.1 Å². The molecule has 1 amide bonds. The molecule has 0 saturated carbocycles. The maximum atomic E-state index is 12.6. The normalized spacial score (nSPS) is 14.4. The van der Waals surface area contributed by atoms with Crippen LogP contribution in [-0.4, -0.2) is 46.5 Å². The Balaban J connectivity index is 1.35. The molecule has 0 unspecified atom stereocenters. The fraction of sp³-hybridized carbons (Fsp3) is 0.286. The summed E-state index contributed by atoms with van der Waals surface area (Å²) in [6.45, 7) is 3.03. The molecule has 0 bridgehead atoms. The van der Waals surface area contributed by atoms with Crippen LogP contribution < -0.4 is 10.5 Å². The Kier molecular flexibility index (Phi) is 5.74. The minimum absolute atomic E-state index is 0.0406. The molecule has 3 aromatic rings. The number of carbonyl (C=O) groups excluding carboxylic acids is 1. The second-order valence-electron chi connectivity index (χ2n) is 6.98. The van der Waals surface area contributed by atoms with E-state index in [1.165, 1.54) is 10.9 Å². The number of aryl methyl sites for hydroxylation is 1. The van der Waals surface area contributed by atoms with E-state index in [4.69, 9.17) is 23.2 Å². The number of anilines is 1. The van der Waals surface area contributed by atoms with Crippen LogP contribution in [0.2, 0.25) is 10.0 Å². The fourth-order valence-corrected chi connectivity index (χ4v) is 3.83. The first-order valence-corrected chi connectivity index (χ1v) is 10.2. The zero-order chi connectivity index (χ0) is 20.4. The van der Waals surface area contributed by atoms with Crippen molar-refractivity contribution >= 4 is 45.7 Å². The first-order chi connectivity index (χ1) is 14.0. The number of benzene rings is 2. The number of piperazine rings is 1. The summed E-state index contributed by atoms with van der Waals surface area (Å²) in [5, 5.41) is 1.62. The van der Waals surface area contributed by atoms with Crippen LogP contribution in [0, 0.1) is 0 Å². The van der Waals surface area contributed by atoms with Crippen LogP contribution in [0.1, 0.15) is 6.42 Å². The predicted octanol–water partition coefficient (Wildman–Crippen LogP) is 3.44. The van der Waals surface area contributed by atoms with Gasteiger partial charge in [-0.1, -0.05) is 35.3 Å². The van der Waals surface area contributed by atoms with Gasteiger partial charge in [0.25, 0.3) is 5.56 Å². The van der Waals surface area contributed by atoms with Gasteiger partial charge in [-0.15, -0.1) is 0 Å². The third kappa shape index (κ3) is 4.23. The van der Waals surface area contributed by atoms with E-state index in [0.29, 0.717) is 40.6 Å². The zero-order valence-electron chi connectivity index (χ0n) is 15.7. The Morgan fingerprint density at radius 1 is 1.00 bits per heavy atom. The number of hydrogen-bond acceptors (Lipinski definition) is 4. The van der Waals surface area contributed by atoms with E-state index in [1.54, 1.807) is 18.2 Å².